The van der Waals surface area contributed by atoms with E-state index in [9.17, 15) is 5.26 Å². The van der Waals surface area contributed by atoms with Crippen LogP contribution in [0.3, 0.4) is 0 Å². The number of benzene rings is 2. The summed E-state index contributed by atoms with van der Waals surface area (Å²) in [5.41, 5.74) is 1.51. The quantitative estimate of drug-likeness (QED) is 0.316. The molecule has 0 N–H and O–H groups in total. The molecule has 0 bridgehead atoms. The number of hydrogen-bond acceptors (Lipinski definition) is 8. The predicted octanol–water partition coefficient (Wildman–Crippen LogP) is 6.03. The first-order valence-corrected chi connectivity index (χ1v) is 14.3. The van der Waals surface area contributed by atoms with Crippen LogP contribution in [0.15, 0.2) is 24.3 Å². The van der Waals surface area contributed by atoms with E-state index in [1.165, 1.54) is 0 Å². The summed E-state index contributed by atoms with van der Waals surface area (Å²) in [6, 6.07) is 10.8. The molecule has 0 spiro atoms. The van der Waals surface area contributed by atoms with E-state index in [0.29, 0.717) is 36.1 Å². The van der Waals surface area contributed by atoms with Gasteiger partial charge in [0.05, 0.1) is 34.5 Å². The lowest BCUT2D eigenvalue weighted by Crippen LogP contribution is -2.49. The molecule has 0 amide bonds. The van der Waals surface area contributed by atoms with Crippen molar-refractivity contribution in [2.75, 3.05) is 42.1 Å². The highest BCUT2D eigenvalue weighted by Crippen LogP contribution is 2.52. The van der Waals surface area contributed by atoms with Crippen LogP contribution in [0, 0.1) is 22.7 Å². The van der Waals surface area contributed by atoms with Crippen LogP contribution in [0.4, 0.5) is 0 Å². The Balaban J connectivity index is 1.57. The molecule has 0 aromatic heterocycles. The van der Waals surface area contributed by atoms with Crippen LogP contribution in [0.5, 0.6) is 34.5 Å². The highest BCUT2D eigenvalue weighted by atomic mass is 16.6. The fourth-order valence-corrected chi connectivity index (χ4v) is 6.80. The van der Waals surface area contributed by atoms with E-state index in [2.05, 4.69) is 31.9 Å². The second-order valence-corrected chi connectivity index (χ2v) is 10.8. The number of nitrogens with zero attached hydrogens (tertiary/aromatic N) is 2. The van der Waals surface area contributed by atoms with Gasteiger partial charge in [0.25, 0.3) is 0 Å². The Labute approximate surface area is 239 Å². The van der Waals surface area contributed by atoms with E-state index >= 15 is 0 Å². The van der Waals surface area contributed by atoms with Crippen LogP contribution in [-0.2, 0) is 13.0 Å². The maximum Gasteiger partial charge on any atom is 0.207 e. The normalized spacial score (nSPS) is 19.8. The summed E-state index contributed by atoms with van der Waals surface area (Å²) in [6.45, 7) is 5.43. The van der Waals surface area contributed by atoms with E-state index in [0.717, 1.165) is 61.2 Å². The Bertz CT molecular complexity index is 1210. The number of rotatable bonds is 12. The second kappa shape index (κ2) is 12.9. The van der Waals surface area contributed by atoms with Gasteiger partial charge in [-0.05, 0) is 44.4 Å². The molecular formula is C32H44N2O6. The van der Waals surface area contributed by atoms with Gasteiger partial charge in [-0.15, -0.1) is 0 Å². The van der Waals surface area contributed by atoms with Gasteiger partial charge < -0.3 is 28.4 Å². The second-order valence-electron chi connectivity index (χ2n) is 10.8. The Kier molecular flexibility index (Phi) is 9.57. The van der Waals surface area contributed by atoms with Gasteiger partial charge in [-0.2, -0.15) is 5.26 Å². The molecule has 218 valence electrons. The van der Waals surface area contributed by atoms with Crippen molar-refractivity contribution >= 4 is 0 Å². The molecule has 40 heavy (non-hydrogen) atoms. The minimum atomic E-state index is -0.639. The number of methoxy groups -OCH3 is 4. The highest BCUT2D eigenvalue weighted by molar-refractivity contribution is 5.67. The third kappa shape index (κ3) is 5.24. The van der Waals surface area contributed by atoms with E-state index in [-0.39, 0.29) is 18.1 Å². The molecule has 0 aliphatic carbocycles. The topological polar surface area (TPSA) is 82.4 Å². The van der Waals surface area contributed by atoms with E-state index in [1.807, 2.05) is 24.3 Å². The van der Waals surface area contributed by atoms with Crippen molar-refractivity contribution in [3.8, 4) is 40.6 Å². The molecule has 8 heteroatoms. The molecule has 0 fully saturated rings. The largest absolute Gasteiger partial charge is 0.492 e. The fourth-order valence-electron chi connectivity index (χ4n) is 6.80. The summed E-state index contributed by atoms with van der Waals surface area (Å²) in [5, 5.41) is 10.7. The van der Waals surface area contributed by atoms with E-state index in [4.69, 9.17) is 28.4 Å². The molecule has 8 nitrogen and oxygen atoms in total. The minimum absolute atomic E-state index is 0.210. The summed E-state index contributed by atoms with van der Waals surface area (Å²) >= 11 is 0. The zero-order valence-corrected chi connectivity index (χ0v) is 25.0. The number of likely N-dealkylation sites (N-methyl/N-ethyl adjacent to an activating group) is 1. The van der Waals surface area contributed by atoms with E-state index < -0.39 is 5.41 Å². The van der Waals surface area contributed by atoms with Crippen molar-refractivity contribution in [3.05, 3.63) is 35.4 Å². The van der Waals surface area contributed by atoms with Gasteiger partial charge in [0.2, 0.25) is 11.5 Å². The maximum atomic E-state index is 10.7. The SMILES string of the molecule is CCC(CC)C(C#N)(CCCC1Cc2c(c(OC)c(OC)c(OC)c2OC)CN1C)C1COc2ccccc2O1. The summed E-state index contributed by atoms with van der Waals surface area (Å²) in [7, 11) is 8.70. The minimum Gasteiger partial charge on any atom is -0.492 e. The molecular weight excluding hydrogens is 508 g/mol. The lowest BCUT2D eigenvalue weighted by molar-refractivity contribution is -0.0217. The van der Waals surface area contributed by atoms with Gasteiger partial charge in [0.15, 0.2) is 29.1 Å². The average molecular weight is 553 g/mol. The molecule has 0 radical (unpaired) electrons. The molecule has 2 aliphatic heterocycles. The summed E-state index contributed by atoms with van der Waals surface area (Å²) in [6.07, 6.45) is 4.87. The van der Waals surface area contributed by atoms with Gasteiger partial charge in [0, 0.05) is 23.7 Å². The highest BCUT2D eigenvalue weighted by Gasteiger charge is 2.48. The van der Waals surface area contributed by atoms with Crippen LogP contribution >= 0.6 is 0 Å². The molecule has 2 aliphatic rings. The zero-order valence-electron chi connectivity index (χ0n) is 25.0. The van der Waals surface area contributed by atoms with Gasteiger partial charge in [-0.3, -0.25) is 4.90 Å². The lowest BCUT2D eigenvalue weighted by atomic mass is 9.66. The number of nitriles is 1. The van der Waals surface area contributed by atoms with Crippen molar-refractivity contribution in [1.82, 2.24) is 4.90 Å². The third-order valence-corrected chi connectivity index (χ3v) is 8.95. The molecule has 3 unspecified atom stereocenters. The van der Waals surface area contributed by atoms with Gasteiger partial charge in [-0.1, -0.05) is 45.2 Å². The number of fused-ring (bicyclic) bond motifs is 2. The molecule has 0 saturated heterocycles. The summed E-state index contributed by atoms with van der Waals surface area (Å²) in [4.78, 5) is 2.36. The zero-order chi connectivity index (χ0) is 28.9. The first-order valence-electron chi connectivity index (χ1n) is 14.3. The summed E-state index contributed by atoms with van der Waals surface area (Å²) in [5.74, 6) is 4.16. The van der Waals surface area contributed by atoms with Gasteiger partial charge in [-0.25, -0.2) is 0 Å². The molecule has 3 atom stereocenters. The molecule has 2 aromatic carbocycles. The van der Waals surface area contributed by atoms with E-state index in [1.54, 1.807) is 28.4 Å². The van der Waals surface area contributed by atoms with Crippen molar-refractivity contribution in [2.45, 2.75) is 71.1 Å². The van der Waals surface area contributed by atoms with Crippen molar-refractivity contribution in [2.24, 2.45) is 11.3 Å². The van der Waals surface area contributed by atoms with Crippen molar-refractivity contribution in [1.29, 1.82) is 5.26 Å². The maximum absolute atomic E-state index is 10.7. The van der Waals surface area contributed by atoms with Gasteiger partial charge in [0.1, 0.15) is 12.0 Å². The van der Waals surface area contributed by atoms with Crippen molar-refractivity contribution in [3.63, 3.8) is 0 Å². The average Bonchev–Trinajstić information content (AvgIpc) is 2.99. The third-order valence-electron chi connectivity index (χ3n) is 8.95. The smallest absolute Gasteiger partial charge is 0.207 e. The Morgan fingerprint density at radius 2 is 1.55 bits per heavy atom. The molecule has 4 rings (SSSR count). The monoisotopic (exact) mass is 552 g/mol. The van der Waals surface area contributed by atoms with Crippen molar-refractivity contribution < 1.29 is 28.4 Å². The molecule has 2 heterocycles. The summed E-state index contributed by atoms with van der Waals surface area (Å²) < 4.78 is 35.6. The Morgan fingerprint density at radius 1 is 0.950 bits per heavy atom. The van der Waals surface area contributed by atoms with Crippen LogP contribution in [-0.4, -0.2) is 59.1 Å². The molecule has 2 aromatic rings. The van der Waals surface area contributed by atoms with Crippen LogP contribution in [0.2, 0.25) is 0 Å². The van der Waals surface area contributed by atoms with Crippen LogP contribution in [0.1, 0.15) is 57.1 Å². The Morgan fingerprint density at radius 3 is 2.12 bits per heavy atom. The molecule has 0 saturated carbocycles. The predicted molar refractivity (Wildman–Crippen MR) is 154 cm³/mol. The van der Waals surface area contributed by atoms with Crippen LogP contribution in [0.25, 0.3) is 0 Å². The first kappa shape index (κ1) is 29.7. The van der Waals surface area contributed by atoms with Gasteiger partial charge >= 0.3 is 0 Å². The number of hydrogen-bond donors (Lipinski definition) is 0. The first-order chi connectivity index (χ1) is 19.4. The van der Waals surface area contributed by atoms with Crippen LogP contribution < -0.4 is 28.4 Å². The number of para-hydroxylation sites is 2. The lowest BCUT2D eigenvalue weighted by Gasteiger charge is -2.43. The standard InChI is InChI=1S/C32H44N2O6/c1-8-21(9-2)32(20-33,27-19-39-25-14-10-11-15-26(25)40-27)16-12-13-22-17-23-24(18-34(22)3)29(36-5)31(38-7)30(37-6)28(23)35-4/h10-11,14-15,21-22,27H,8-9,12-13,16-19H2,1-7H3. The number of ether oxygens (including phenoxy) is 6. The Hall–Kier alpha value is -3.31. The fraction of sp³-hybridized carbons (Fsp3) is 0.594.